The Bertz CT molecular complexity index is 584. The van der Waals surface area contributed by atoms with Gasteiger partial charge in [0.15, 0.2) is 0 Å². The first-order chi connectivity index (χ1) is 9.80. The lowest BCUT2D eigenvalue weighted by molar-refractivity contribution is 0.330. The number of hydrogen-bond donors (Lipinski definition) is 1. The van der Waals surface area contributed by atoms with Gasteiger partial charge < -0.3 is 5.32 Å². The van der Waals surface area contributed by atoms with Crippen LogP contribution in [0.5, 0.6) is 0 Å². The smallest absolute Gasteiger partial charge is 0.113 e. The van der Waals surface area contributed by atoms with Crippen LogP contribution in [0.4, 0.5) is 0 Å². The van der Waals surface area contributed by atoms with E-state index in [2.05, 4.69) is 80.1 Å². The number of rotatable bonds is 5. The van der Waals surface area contributed by atoms with E-state index in [1.165, 1.54) is 15.4 Å². The summed E-state index contributed by atoms with van der Waals surface area (Å²) < 4.78 is 1.12. The molecule has 0 radical (unpaired) electrons. The average Bonchev–Trinajstić information content (AvgIpc) is 2.72. The van der Waals surface area contributed by atoms with Gasteiger partial charge in [-0.1, -0.05) is 28.1 Å². The minimum Gasteiger partial charge on any atom is -0.303 e. The molecule has 21 heavy (non-hydrogen) atoms. The molecule has 0 bridgehead atoms. The van der Waals surface area contributed by atoms with Gasteiger partial charge in [-0.25, -0.2) is 4.98 Å². The second kappa shape index (κ2) is 6.59. The first-order valence-corrected chi connectivity index (χ1v) is 8.88. The molecule has 2 rings (SSSR count). The summed E-state index contributed by atoms with van der Waals surface area (Å²) in [5, 5.41) is 4.89. The molecule has 1 unspecified atom stereocenters. The Morgan fingerprint density at radius 1 is 1.24 bits per heavy atom. The number of hydrogen-bond acceptors (Lipinski definition) is 3. The number of aromatic nitrogens is 1. The Labute approximate surface area is 140 Å². The Balaban J connectivity index is 2.34. The van der Waals surface area contributed by atoms with Crippen LogP contribution in [-0.2, 0) is 12.0 Å². The fourth-order valence-corrected chi connectivity index (χ4v) is 3.83. The van der Waals surface area contributed by atoms with E-state index < -0.39 is 0 Å². The quantitative estimate of drug-likeness (QED) is 0.806. The SMILES string of the molecule is Cc1nc(C(C)(Cc2ccc(Br)cc2)NC(C)C)sc1C. The molecule has 1 atom stereocenters. The van der Waals surface area contributed by atoms with Crippen molar-refractivity contribution < 1.29 is 0 Å². The third-order valence-electron chi connectivity index (χ3n) is 3.58. The number of thiazole rings is 1. The molecule has 0 spiro atoms. The molecule has 0 fully saturated rings. The van der Waals surface area contributed by atoms with Crippen LogP contribution in [0.15, 0.2) is 28.7 Å². The lowest BCUT2D eigenvalue weighted by Gasteiger charge is -2.31. The minimum atomic E-state index is -0.133. The zero-order valence-electron chi connectivity index (χ0n) is 13.3. The van der Waals surface area contributed by atoms with Gasteiger partial charge in [0.2, 0.25) is 0 Å². The first kappa shape index (κ1) is 16.7. The van der Waals surface area contributed by atoms with Crippen LogP contribution in [0.25, 0.3) is 0 Å². The van der Waals surface area contributed by atoms with Crippen molar-refractivity contribution in [3.63, 3.8) is 0 Å². The van der Waals surface area contributed by atoms with Gasteiger partial charge in [0.05, 0.1) is 11.2 Å². The molecule has 0 amide bonds. The van der Waals surface area contributed by atoms with Crippen molar-refractivity contribution in [2.45, 2.75) is 52.6 Å². The Morgan fingerprint density at radius 2 is 1.86 bits per heavy atom. The molecule has 1 aromatic carbocycles. The summed E-state index contributed by atoms with van der Waals surface area (Å²) in [5.74, 6) is 0. The van der Waals surface area contributed by atoms with Gasteiger partial charge in [-0.2, -0.15) is 0 Å². The van der Waals surface area contributed by atoms with Crippen molar-refractivity contribution in [2.75, 3.05) is 0 Å². The molecule has 2 aromatic rings. The van der Waals surface area contributed by atoms with Crippen LogP contribution >= 0.6 is 27.3 Å². The maximum Gasteiger partial charge on any atom is 0.113 e. The van der Waals surface area contributed by atoms with Crippen molar-refractivity contribution >= 4 is 27.3 Å². The van der Waals surface area contributed by atoms with Crippen molar-refractivity contribution in [3.05, 3.63) is 49.9 Å². The zero-order valence-corrected chi connectivity index (χ0v) is 15.7. The van der Waals surface area contributed by atoms with Gasteiger partial charge >= 0.3 is 0 Å². The Kier molecular flexibility index (Phi) is 5.23. The summed E-state index contributed by atoms with van der Waals surface area (Å²) in [4.78, 5) is 6.10. The first-order valence-electron chi connectivity index (χ1n) is 7.27. The molecule has 1 aromatic heterocycles. The molecule has 0 aliphatic heterocycles. The third-order valence-corrected chi connectivity index (χ3v) is 5.44. The predicted molar refractivity (Wildman–Crippen MR) is 95.1 cm³/mol. The van der Waals surface area contributed by atoms with Gasteiger partial charge in [0.25, 0.3) is 0 Å². The highest BCUT2D eigenvalue weighted by Crippen LogP contribution is 2.31. The fourth-order valence-electron chi connectivity index (χ4n) is 2.54. The van der Waals surface area contributed by atoms with E-state index in [9.17, 15) is 0 Å². The number of halogens is 1. The molecular weight excluding hydrogens is 344 g/mol. The summed E-state index contributed by atoms with van der Waals surface area (Å²) in [6.07, 6.45) is 0.935. The number of aryl methyl sites for hydroxylation is 2. The van der Waals surface area contributed by atoms with Gasteiger partial charge in [-0.05, 0) is 58.7 Å². The van der Waals surface area contributed by atoms with E-state index >= 15 is 0 Å². The molecular formula is C17H23BrN2S. The highest BCUT2D eigenvalue weighted by Gasteiger charge is 2.31. The molecule has 114 valence electrons. The van der Waals surface area contributed by atoms with E-state index in [0.29, 0.717) is 6.04 Å². The standard InChI is InChI=1S/C17H23BrN2S/c1-11(2)20-17(5,16-19-12(3)13(4)21-16)10-14-6-8-15(18)9-7-14/h6-9,11,20H,10H2,1-5H3. The lowest BCUT2D eigenvalue weighted by Crippen LogP contribution is -2.45. The maximum absolute atomic E-state index is 4.80. The summed E-state index contributed by atoms with van der Waals surface area (Å²) in [6.45, 7) is 10.9. The normalized spacial score (nSPS) is 14.4. The van der Waals surface area contributed by atoms with Crippen molar-refractivity contribution in [3.8, 4) is 0 Å². The van der Waals surface area contributed by atoms with Crippen LogP contribution in [0.3, 0.4) is 0 Å². The summed E-state index contributed by atoms with van der Waals surface area (Å²) in [5.41, 5.74) is 2.33. The van der Waals surface area contributed by atoms with Crippen LogP contribution < -0.4 is 5.32 Å². The van der Waals surface area contributed by atoms with Crippen LogP contribution in [-0.4, -0.2) is 11.0 Å². The van der Waals surface area contributed by atoms with Gasteiger partial charge in [-0.3, -0.25) is 0 Å². The molecule has 0 saturated heterocycles. The predicted octanol–water partition coefficient (Wildman–Crippen LogP) is 4.98. The minimum absolute atomic E-state index is 0.133. The second-order valence-electron chi connectivity index (χ2n) is 6.10. The summed E-state index contributed by atoms with van der Waals surface area (Å²) in [7, 11) is 0. The van der Waals surface area contributed by atoms with Crippen LogP contribution in [0.1, 0.15) is 41.9 Å². The monoisotopic (exact) mass is 366 g/mol. The molecule has 1 N–H and O–H groups in total. The molecule has 4 heteroatoms. The van der Waals surface area contributed by atoms with Crippen LogP contribution in [0, 0.1) is 13.8 Å². The molecule has 0 aliphatic carbocycles. The topological polar surface area (TPSA) is 24.9 Å². The van der Waals surface area contributed by atoms with E-state index in [-0.39, 0.29) is 5.54 Å². The van der Waals surface area contributed by atoms with Crippen molar-refractivity contribution in [1.82, 2.24) is 10.3 Å². The van der Waals surface area contributed by atoms with E-state index in [4.69, 9.17) is 4.98 Å². The summed E-state index contributed by atoms with van der Waals surface area (Å²) in [6, 6.07) is 8.97. The lowest BCUT2D eigenvalue weighted by atomic mass is 9.92. The number of nitrogens with zero attached hydrogens (tertiary/aromatic N) is 1. The summed E-state index contributed by atoms with van der Waals surface area (Å²) >= 11 is 5.30. The van der Waals surface area contributed by atoms with Crippen LogP contribution in [0.2, 0.25) is 0 Å². The third kappa shape index (κ3) is 4.15. The molecule has 0 saturated carbocycles. The largest absolute Gasteiger partial charge is 0.303 e. The molecule has 1 heterocycles. The average molecular weight is 367 g/mol. The number of benzene rings is 1. The van der Waals surface area contributed by atoms with Gasteiger partial charge in [0, 0.05) is 15.4 Å². The Morgan fingerprint density at radius 3 is 2.33 bits per heavy atom. The van der Waals surface area contributed by atoms with Crippen molar-refractivity contribution in [2.24, 2.45) is 0 Å². The van der Waals surface area contributed by atoms with E-state index in [0.717, 1.165) is 16.6 Å². The maximum atomic E-state index is 4.80. The zero-order chi connectivity index (χ0) is 15.6. The second-order valence-corrected chi connectivity index (χ2v) is 8.21. The van der Waals surface area contributed by atoms with E-state index in [1.54, 1.807) is 11.3 Å². The highest BCUT2D eigenvalue weighted by atomic mass is 79.9. The molecule has 2 nitrogen and oxygen atoms in total. The van der Waals surface area contributed by atoms with E-state index in [1.807, 2.05) is 0 Å². The Hall–Kier alpha value is -0.710. The van der Waals surface area contributed by atoms with Gasteiger partial charge in [0.1, 0.15) is 5.01 Å². The number of nitrogens with one attached hydrogen (secondary N) is 1. The molecule has 0 aliphatic rings. The van der Waals surface area contributed by atoms with Crippen molar-refractivity contribution in [1.29, 1.82) is 0 Å². The highest BCUT2D eigenvalue weighted by molar-refractivity contribution is 9.10. The van der Waals surface area contributed by atoms with Gasteiger partial charge in [-0.15, -0.1) is 11.3 Å². The fraction of sp³-hybridized carbons (Fsp3) is 0.471.